The second kappa shape index (κ2) is 5.94. The lowest BCUT2D eigenvalue weighted by atomic mass is 10.2. The zero-order valence-electron chi connectivity index (χ0n) is 10.2. The highest BCUT2D eigenvalue weighted by molar-refractivity contribution is 9.10. The van der Waals surface area contributed by atoms with Crippen molar-refractivity contribution in [1.82, 2.24) is 10.5 Å². The number of nitrogens with zero attached hydrogens (tertiary/aromatic N) is 2. The molecule has 0 amide bonds. The number of hydrogen-bond donors (Lipinski definition) is 1. The predicted molar refractivity (Wildman–Crippen MR) is 72.6 cm³/mol. The van der Waals surface area contributed by atoms with Gasteiger partial charge < -0.3 is 9.84 Å². The van der Waals surface area contributed by atoms with Gasteiger partial charge in [0.2, 0.25) is 0 Å². The molecular formula is C12H12BrN3O3. The van der Waals surface area contributed by atoms with E-state index < -0.39 is 4.92 Å². The summed E-state index contributed by atoms with van der Waals surface area (Å²) in [6.07, 6.45) is 0. The summed E-state index contributed by atoms with van der Waals surface area (Å²) in [4.78, 5) is 10.3. The first-order valence-electron chi connectivity index (χ1n) is 5.61. The van der Waals surface area contributed by atoms with Gasteiger partial charge in [-0.05, 0) is 18.6 Å². The number of nitro benzene ring substituents is 1. The summed E-state index contributed by atoms with van der Waals surface area (Å²) in [5.74, 6) is 0.738. The summed E-state index contributed by atoms with van der Waals surface area (Å²) in [5.41, 5.74) is 1.73. The van der Waals surface area contributed by atoms with E-state index >= 15 is 0 Å². The monoisotopic (exact) mass is 325 g/mol. The number of nitrogens with one attached hydrogen (secondary N) is 1. The lowest BCUT2D eigenvalue weighted by molar-refractivity contribution is -0.385. The van der Waals surface area contributed by atoms with Crippen molar-refractivity contribution in [2.45, 2.75) is 20.0 Å². The maximum Gasteiger partial charge on any atom is 0.270 e. The fourth-order valence-corrected chi connectivity index (χ4v) is 2.20. The Kier molecular flexibility index (Phi) is 4.28. The molecule has 0 fully saturated rings. The third-order valence-corrected chi connectivity index (χ3v) is 2.92. The molecule has 0 unspecified atom stereocenters. The molecule has 2 aromatic rings. The highest BCUT2D eigenvalue weighted by Gasteiger charge is 2.08. The van der Waals surface area contributed by atoms with Crippen molar-refractivity contribution in [3.63, 3.8) is 0 Å². The van der Waals surface area contributed by atoms with Crippen LogP contribution in [0.1, 0.15) is 17.0 Å². The predicted octanol–water partition coefficient (Wildman–Crippen LogP) is 2.94. The maximum absolute atomic E-state index is 10.7. The Morgan fingerprint density at radius 3 is 2.79 bits per heavy atom. The average molecular weight is 326 g/mol. The van der Waals surface area contributed by atoms with Crippen LogP contribution in [0.4, 0.5) is 5.69 Å². The first-order valence-corrected chi connectivity index (χ1v) is 6.40. The van der Waals surface area contributed by atoms with E-state index in [4.69, 9.17) is 4.52 Å². The van der Waals surface area contributed by atoms with Crippen LogP contribution in [-0.4, -0.2) is 10.1 Å². The van der Waals surface area contributed by atoms with Gasteiger partial charge in [-0.25, -0.2) is 0 Å². The van der Waals surface area contributed by atoms with Crippen LogP contribution < -0.4 is 5.32 Å². The quantitative estimate of drug-likeness (QED) is 0.675. The van der Waals surface area contributed by atoms with E-state index in [-0.39, 0.29) is 5.69 Å². The molecule has 0 bridgehead atoms. The fraction of sp³-hybridized carbons (Fsp3) is 0.250. The largest absolute Gasteiger partial charge is 0.360 e. The topological polar surface area (TPSA) is 81.2 Å². The Morgan fingerprint density at radius 2 is 2.16 bits per heavy atom. The van der Waals surface area contributed by atoms with Gasteiger partial charge in [0.05, 0.1) is 17.2 Å². The molecule has 100 valence electrons. The molecule has 2 rings (SSSR count). The van der Waals surface area contributed by atoms with Crippen LogP contribution in [0, 0.1) is 17.0 Å². The molecule has 1 heterocycles. The van der Waals surface area contributed by atoms with Crippen LogP contribution >= 0.6 is 15.9 Å². The van der Waals surface area contributed by atoms with Gasteiger partial charge in [-0.15, -0.1) is 0 Å². The molecule has 0 aliphatic rings. The summed E-state index contributed by atoms with van der Waals surface area (Å²) in [7, 11) is 0. The summed E-state index contributed by atoms with van der Waals surface area (Å²) in [6, 6.07) is 6.70. The minimum atomic E-state index is -0.409. The Balaban J connectivity index is 1.97. The minimum absolute atomic E-state index is 0.0710. The Morgan fingerprint density at radius 1 is 1.37 bits per heavy atom. The standard InChI is InChI=1S/C12H12BrN3O3/c1-8-2-12(19-15-8)7-14-6-9-3-10(13)5-11(4-9)16(17)18/h2-5,14H,6-7H2,1H3. The van der Waals surface area contributed by atoms with Crippen molar-refractivity contribution in [2.75, 3.05) is 0 Å². The number of aryl methyl sites for hydroxylation is 1. The van der Waals surface area contributed by atoms with Gasteiger partial charge in [0.25, 0.3) is 5.69 Å². The third-order valence-electron chi connectivity index (χ3n) is 2.46. The van der Waals surface area contributed by atoms with E-state index in [9.17, 15) is 10.1 Å². The molecular weight excluding hydrogens is 314 g/mol. The van der Waals surface area contributed by atoms with E-state index in [0.717, 1.165) is 17.0 Å². The van der Waals surface area contributed by atoms with Gasteiger partial charge in [-0.1, -0.05) is 21.1 Å². The first-order chi connectivity index (χ1) is 9.04. The van der Waals surface area contributed by atoms with Crippen LogP contribution in [0.3, 0.4) is 0 Å². The van der Waals surface area contributed by atoms with E-state index in [1.165, 1.54) is 6.07 Å². The lowest BCUT2D eigenvalue weighted by Gasteiger charge is -2.03. The van der Waals surface area contributed by atoms with Crippen LogP contribution in [0.2, 0.25) is 0 Å². The van der Waals surface area contributed by atoms with Gasteiger partial charge in [-0.2, -0.15) is 0 Å². The minimum Gasteiger partial charge on any atom is -0.360 e. The van der Waals surface area contributed by atoms with Crippen LogP contribution in [-0.2, 0) is 13.1 Å². The molecule has 6 nitrogen and oxygen atoms in total. The van der Waals surface area contributed by atoms with Crippen LogP contribution in [0.15, 0.2) is 33.3 Å². The molecule has 0 aliphatic heterocycles. The molecule has 0 spiro atoms. The number of benzene rings is 1. The molecule has 7 heteroatoms. The van der Waals surface area contributed by atoms with Crippen LogP contribution in [0.5, 0.6) is 0 Å². The van der Waals surface area contributed by atoms with E-state index in [1.807, 2.05) is 19.1 Å². The number of halogens is 1. The Hall–Kier alpha value is -1.73. The van der Waals surface area contributed by atoms with E-state index in [1.54, 1.807) is 6.07 Å². The smallest absolute Gasteiger partial charge is 0.270 e. The third kappa shape index (κ3) is 3.87. The SMILES string of the molecule is Cc1cc(CNCc2cc(Br)cc([N+](=O)[O-])c2)on1. The molecule has 0 aliphatic carbocycles. The number of hydrogen-bond acceptors (Lipinski definition) is 5. The molecule has 1 aromatic carbocycles. The van der Waals surface area contributed by atoms with Crippen LogP contribution in [0.25, 0.3) is 0 Å². The molecule has 0 saturated carbocycles. The van der Waals surface area contributed by atoms with Crippen molar-refractivity contribution in [3.8, 4) is 0 Å². The molecule has 1 aromatic heterocycles. The molecule has 19 heavy (non-hydrogen) atoms. The molecule has 0 saturated heterocycles. The van der Waals surface area contributed by atoms with Gasteiger partial charge >= 0.3 is 0 Å². The zero-order chi connectivity index (χ0) is 13.8. The second-order valence-electron chi connectivity index (χ2n) is 4.11. The number of nitro groups is 1. The number of rotatable bonds is 5. The van der Waals surface area contributed by atoms with Crippen molar-refractivity contribution in [2.24, 2.45) is 0 Å². The van der Waals surface area contributed by atoms with Gasteiger partial charge in [0, 0.05) is 29.2 Å². The molecule has 0 atom stereocenters. The highest BCUT2D eigenvalue weighted by Crippen LogP contribution is 2.21. The van der Waals surface area contributed by atoms with E-state index in [2.05, 4.69) is 26.4 Å². The van der Waals surface area contributed by atoms with Gasteiger partial charge in [0.15, 0.2) is 5.76 Å². The zero-order valence-corrected chi connectivity index (χ0v) is 11.8. The fourth-order valence-electron chi connectivity index (χ4n) is 1.67. The van der Waals surface area contributed by atoms with Gasteiger partial charge in [-0.3, -0.25) is 10.1 Å². The Bertz CT molecular complexity index is 598. The molecule has 0 radical (unpaired) electrons. The number of non-ortho nitro benzene ring substituents is 1. The summed E-state index contributed by atoms with van der Waals surface area (Å²) in [5, 5.41) is 17.7. The van der Waals surface area contributed by atoms with Crippen molar-refractivity contribution in [3.05, 3.63) is 55.9 Å². The van der Waals surface area contributed by atoms with Gasteiger partial charge in [0.1, 0.15) is 0 Å². The highest BCUT2D eigenvalue weighted by atomic mass is 79.9. The van der Waals surface area contributed by atoms with Crippen molar-refractivity contribution < 1.29 is 9.45 Å². The second-order valence-corrected chi connectivity index (χ2v) is 5.03. The van der Waals surface area contributed by atoms with Crippen molar-refractivity contribution in [1.29, 1.82) is 0 Å². The lowest BCUT2D eigenvalue weighted by Crippen LogP contribution is -2.12. The summed E-state index contributed by atoms with van der Waals surface area (Å²) in [6.45, 7) is 2.89. The van der Waals surface area contributed by atoms with E-state index in [0.29, 0.717) is 17.6 Å². The maximum atomic E-state index is 10.7. The normalized spacial score (nSPS) is 10.6. The first kappa shape index (κ1) is 13.7. The summed E-state index contributed by atoms with van der Waals surface area (Å²) < 4.78 is 5.75. The number of aromatic nitrogens is 1. The van der Waals surface area contributed by atoms with Crippen molar-refractivity contribution >= 4 is 21.6 Å². The Labute approximate surface area is 118 Å². The average Bonchev–Trinajstić information content (AvgIpc) is 2.74. The summed E-state index contributed by atoms with van der Waals surface area (Å²) >= 11 is 3.26. The molecule has 1 N–H and O–H groups in total.